The zero-order valence-electron chi connectivity index (χ0n) is 15.7. The molecule has 0 amide bonds. The van der Waals surface area contributed by atoms with Crippen molar-refractivity contribution in [2.45, 2.75) is 37.5 Å². The first kappa shape index (κ1) is 21.8. The summed E-state index contributed by atoms with van der Waals surface area (Å²) in [5, 5.41) is 29.6. The molecule has 1 aromatic carbocycles. The predicted molar refractivity (Wildman–Crippen MR) is 98.6 cm³/mol. The summed E-state index contributed by atoms with van der Waals surface area (Å²) in [6.07, 6.45) is -5.12. The number of para-hydroxylation sites is 1. The Morgan fingerprint density at radius 1 is 1.32 bits per heavy atom. The standard InChI is InChI=1S/C17H18FN2O10P/c18-17(8-28-31(26)27-7-9-3-1-2-4-11(9)30-31)13(23)12(22)15(29-17)20-5-10(6-21)14(24)19-16(20)25/h1-5,12-13,15,21-23H,6-8H2,(H,19,24,25)/t12-,13+,15-,17-,31?/m1/s1. The lowest BCUT2D eigenvalue weighted by Crippen LogP contribution is -2.43. The second-order valence-corrected chi connectivity index (χ2v) is 8.50. The number of alkyl halides is 1. The molecule has 31 heavy (non-hydrogen) atoms. The van der Waals surface area contributed by atoms with Gasteiger partial charge in [0.15, 0.2) is 6.23 Å². The lowest BCUT2D eigenvalue weighted by atomic mass is 10.1. The fourth-order valence-electron chi connectivity index (χ4n) is 3.16. The van der Waals surface area contributed by atoms with E-state index in [4.69, 9.17) is 18.3 Å². The Morgan fingerprint density at radius 3 is 2.81 bits per heavy atom. The molecule has 1 aromatic heterocycles. The Bertz CT molecular complexity index is 1150. The van der Waals surface area contributed by atoms with Crippen molar-refractivity contribution in [3.63, 3.8) is 0 Å². The lowest BCUT2D eigenvalue weighted by molar-refractivity contribution is -0.205. The highest BCUT2D eigenvalue weighted by atomic mass is 31.2. The van der Waals surface area contributed by atoms with E-state index in [1.807, 2.05) is 4.98 Å². The SMILES string of the molecule is O=c1[nH]c(=O)n([C@@H]2O[C@](F)(COP3(=O)OCc4ccccc4O3)[C@@H](O)[C@H]2O)cc1CO. The zero-order valence-corrected chi connectivity index (χ0v) is 16.6. The molecule has 0 aliphatic carbocycles. The minimum absolute atomic E-state index is 0.127. The van der Waals surface area contributed by atoms with Gasteiger partial charge in [0, 0.05) is 11.8 Å². The van der Waals surface area contributed by atoms with Crippen molar-refractivity contribution in [1.29, 1.82) is 0 Å². The van der Waals surface area contributed by atoms with Crippen molar-refractivity contribution in [3.05, 3.63) is 62.4 Å². The predicted octanol–water partition coefficient (Wildman–Crippen LogP) is -0.321. The third-order valence-corrected chi connectivity index (χ3v) is 6.15. The average Bonchev–Trinajstić information content (AvgIpc) is 2.97. The van der Waals surface area contributed by atoms with Gasteiger partial charge >= 0.3 is 13.5 Å². The molecule has 2 aliphatic heterocycles. The summed E-state index contributed by atoms with van der Waals surface area (Å²) >= 11 is 0. The van der Waals surface area contributed by atoms with Crippen molar-refractivity contribution in [3.8, 4) is 5.75 Å². The van der Waals surface area contributed by atoms with Gasteiger partial charge in [-0.3, -0.25) is 23.4 Å². The molecule has 0 saturated carbocycles. The van der Waals surface area contributed by atoms with Gasteiger partial charge in [0.25, 0.3) is 11.4 Å². The van der Waals surface area contributed by atoms with Crippen LogP contribution < -0.4 is 15.8 Å². The smallest absolute Gasteiger partial charge is 0.404 e. The van der Waals surface area contributed by atoms with Gasteiger partial charge in [-0.15, -0.1) is 0 Å². The Balaban J connectivity index is 1.53. The highest BCUT2D eigenvalue weighted by Gasteiger charge is 2.57. The molecule has 1 unspecified atom stereocenters. The van der Waals surface area contributed by atoms with E-state index in [0.717, 1.165) is 6.20 Å². The molecule has 3 heterocycles. The summed E-state index contributed by atoms with van der Waals surface area (Å²) in [4.78, 5) is 25.5. The van der Waals surface area contributed by atoms with Gasteiger partial charge in [0.05, 0.1) is 18.8 Å². The number of ether oxygens (including phenoxy) is 1. The van der Waals surface area contributed by atoms with E-state index in [2.05, 4.69) is 0 Å². The van der Waals surface area contributed by atoms with Crippen LogP contribution in [0.3, 0.4) is 0 Å². The van der Waals surface area contributed by atoms with Crippen LogP contribution in [-0.4, -0.2) is 49.5 Å². The minimum atomic E-state index is -4.27. The molecule has 1 saturated heterocycles. The second kappa shape index (κ2) is 7.95. The Morgan fingerprint density at radius 2 is 2.06 bits per heavy atom. The average molecular weight is 460 g/mol. The van der Waals surface area contributed by atoms with E-state index in [9.17, 15) is 29.5 Å². The maximum absolute atomic E-state index is 15.3. The fraction of sp³-hybridized carbons (Fsp3) is 0.412. The van der Waals surface area contributed by atoms with E-state index < -0.39 is 56.6 Å². The number of fused-ring (bicyclic) bond motifs is 1. The Kier molecular flexibility index (Phi) is 5.60. The Labute approximate surface area is 173 Å². The van der Waals surface area contributed by atoms with E-state index in [1.54, 1.807) is 18.2 Å². The van der Waals surface area contributed by atoms with Crippen LogP contribution in [0.25, 0.3) is 0 Å². The highest BCUT2D eigenvalue weighted by Crippen LogP contribution is 2.55. The molecule has 14 heteroatoms. The molecule has 4 rings (SSSR count). The topological polar surface area (TPSA) is 170 Å². The number of aliphatic hydroxyl groups is 3. The number of nitrogens with zero attached hydrogens (tertiary/aromatic N) is 1. The third-order valence-electron chi connectivity index (χ3n) is 4.84. The first-order valence-corrected chi connectivity index (χ1v) is 10.5. The summed E-state index contributed by atoms with van der Waals surface area (Å²) in [7, 11) is -4.27. The molecule has 2 aliphatic rings. The zero-order chi connectivity index (χ0) is 22.4. The van der Waals surface area contributed by atoms with E-state index in [-0.39, 0.29) is 17.9 Å². The summed E-state index contributed by atoms with van der Waals surface area (Å²) in [6, 6.07) is 6.52. The summed E-state index contributed by atoms with van der Waals surface area (Å²) in [5.74, 6) is -2.90. The lowest BCUT2D eigenvalue weighted by Gasteiger charge is -2.28. The van der Waals surface area contributed by atoms with Crippen LogP contribution in [0.4, 0.5) is 4.39 Å². The first-order valence-electron chi connectivity index (χ1n) is 9.00. The number of nitrogens with one attached hydrogen (secondary N) is 1. The third kappa shape index (κ3) is 3.96. The number of aromatic amines is 1. The fourth-order valence-corrected chi connectivity index (χ4v) is 4.39. The van der Waals surface area contributed by atoms with Crippen LogP contribution >= 0.6 is 7.82 Å². The molecule has 12 nitrogen and oxygen atoms in total. The number of phosphoric acid groups is 1. The number of aliphatic hydroxyl groups excluding tert-OH is 3. The number of aromatic nitrogens is 2. The molecule has 1 fully saturated rings. The van der Waals surface area contributed by atoms with Gasteiger partial charge in [-0.2, -0.15) is 0 Å². The molecular weight excluding hydrogens is 442 g/mol. The molecular formula is C17H18FN2O10P. The second-order valence-electron chi connectivity index (χ2n) is 6.90. The van der Waals surface area contributed by atoms with Crippen molar-refractivity contribution >= 4 is 7.82 Å². The van der Waals surface area contributed by atoms with Crippen LogP contribution in [0.5, 0.6) is 5.75 Å². The normalized spacial score (nSPS) is 32.5. The van der Waals surface area contributed by atoms with E-state index >= 15 is 4.39 Å². The molecule has 0 bridgehead atoms. The number of H-pyrrole nitrogens is 1. The number of hydrogen-bond acceptors (Lipinski definition) is 10. The maximum atomic E-state index is 15.3. The maximum Gasteiger partial charge on any atom is 0.530 e. The molecule has 0 radical (unpaired) electrons. The number of halogens is 1. The number of rotatable bonds is 5. The Hall–Kier alpha value is -2.38. The number of hydrogen-bond donors (Lipinski definition) is 4. The van der Waals surface area contributed by atoms with Gasteiger partial charge in [0.1, 0.15) is 24.6 Å². The van der Waals surface area contributed by atoms with Gasteiger partial charge < -0.3 is 24.6 Å². The monoisotopic (exact) mass is 460 g/mol. The molecule has 168 valence electrons. The van der Waals surface area contributed by atoms with Crippen LogP contribution in [0, 0.1) is 0 Å². The van der Waals surface area contributed by atoms with Gasteiger partial charge in [-0.05, 0) is 6.07 Å². The minimum Gasteiger partial charge on any atom is -0.404 e. The summed E-state index contributed by atoms with van der Waals surface area (Å²) in [6.45, 7) is -2.05. The largest absolute Gasteiger partial charge is 0.530 e. The van der Waals surface area contributed by atoms with Crippen LogP contribution in [0.15, 0.2) is 40.1 Å². The molecule has 4 N–H and O–H groups in total. The van der Waals surface area contributed by atoms with Crippen molar-refractivity contribution in [2.24, 2.45) is 0 Å². The molecule has 5 atom stereocenters. The van der Waals surface area contributed by atoms with E-state index in [1.165, 1.54) is 6.07 Å². The number of phosphoric ester groups is 1. The van der Waals surface area contributed by atoms with Crippen molar-refractivity contribution in [1.82, 2.24) is 9.55 Å². The summed E-state index contributed by atoms with van der Waals surface area (Å²) < 4.78 is 48.8. The van der Waals surface area contributed by atoms with Gasteiger partial charge in [-0.25, -0.2) is 13.8 Å². The molecule has 2 aromatic rings. The van der Waals surface area contributed by atoms with Crippen LogP contribution in [0.1, 0.15) is 17.4 Å². The molecule has 0 spiro atoms. The highest BCUT2D eigenvalue weighted by molar-refractivity contribution is 7.49. The first-order chi connectivity index (χ1) is 14.7. The van der Waals surface area contributed by atoms with Gasteiger partial charge in [0.2, 0.25) is 0 Å². The van der Waals surface area contributed by atoms with Gasteiger partial charge in [-0.1, -0.05) is 18.2 Å². The quantitative estimate of drug-likeness (QED) is 0.434. The summed E-state index contributed by atoms with van der Waals surface area (Å²) in [5.41, 5.74) is -1.62. The number of benzene rings is 1. The van der Waals surface area contributed by atoms with Crippen LogP contribution in [-0.2, 0) is 31.6 Å². The van der Waals surface area contributed by atoms with Crippen LogP contribution in [0.2, 0.25) is 0 Å². The van der Waals surface area contributed by atoms with Crippen molar-refractivity contribution in [2.75, 3.05) is 6.61 Å². The van der Waals surface area contributed by atoms with E-state index in [0.29, 0.717) is 10.1 Å². The van der Waals surface area contributed by atoms with Crippen molar-refractivity contribution < 1.29 is 42.6 Å².